The topological polar surface area (TPSA) is 50.3 Å². The molecule has 1 aromatic rings. The third kappa shape index (κ3) is 4.20. The zero-order valence-electron chi connectivity index (χ0n) is 11.2. The van der Waals surface area contributed by atoms with Gasteiger partial charge in [-0.3, -0.25) is 14.6 Å². The molecule has 0 N–H and O–H groups in total. The lowest BCUT2D eigenvalue weighted by atomic mass is 10.2. The SMILES string of the molecule is CC(=O)SC1CC(=O)N(Cc2ccc(C(F)(F)F)nc2)C1. The minimum Gasteiger partial charge on any atom is -0.337 e. The van der Waals surface area contributed by atoms with E-state index in [0.717, 1.165) is 24.0 Å². The number of aromatic nitrogens is 1. The van der Waals surface area contributed by atoms with E-state index in [2.05, 4.69) is 4.98 Å². The highest BCUT2D eigenvalue weighted by Gasteiger charge is 2.33. The molecule has 0 aliphatic carbocycles. The van der Waals surface area contributed by atoms with Gasteiger partial charge in [0.25, 0.3) is 0 Å². The number of nitrogens with zero attached hydrogens (tertiary/aromatic N) is 2. The van der Waals surface area contributed by atoms with Crippen molar-refractivity contribution in [2.24, 2.45) is 0 Å². The van der Waals surface area contributed by atoms with Gasteiger partial charge in [-0.25, -0.2) is 0 Å². The van der Waals surface area contributed by atoms with Crippen molar-refractivity contribution < 1.29 is 22.8 Å². The number of alkyl halides is 3. The van der Waals surface area contributed by atoms with Gasteiger partial charge in [-0.2, -0.15) is 13.2 Å². The molecule has 0 aromatic carbocycles. The van der Waals surface area contributed by atoms with Crippen molar-refractivity contribution in [3.8, 4) is 0 Å². The fourth-order valence-corrected chi connectivity index (χ4v) is 3.06. The molecule has 0 bridgehead atoms. The molecule has 1 amide bonds. The minimum atomic E-state index is -4.47. The molecule has 4 nitrogen and oxygen atoms in total. The summed E-state index contributed by atoms with van der Waals surface area (Å²) in [5.74, 6) is -0.103. The first-order valence-electron chi connectivity index (χ1n) is 6.23. The molecule has 2 rings (SSSR count). The van der Waals surface area contributed by atoms with E-state index in [4.69, 9.17) is 0 Å². The Balaban J connectivity index is 1.99. The first kappa shape index (κ1) is 15.8. The molecular weight excluding hydrogens is 305 g/mol. The number of pyridine rings is 1. The lowest BCUT2D eigenvalue weighted by Crippen LogP contribution is -2.25. The molecule has 1 aliphatic rings. The zero-order valence-corrected chi connectivity index (χ0v) is 12.0. The van der Waals surface area contributed by atoms with Crippen LogP contribution in [0.5, 0.6) is 0 Å². The molecule has 8 heteroatoms. The number of carbonyl (C=O) groups excluding carboxylic acids is 2. The summed E-state index contributed by atoms with van der Waals surface area (Å²) in [4.78, 5) is 27.7. The maximum atomic E-state index is 12.4. The molecule has 0 saturated carbocycles. The standard InChI is InChI=1S/C13H13F3N2O2S/c1-8(19)21-10-4-12(20)18(7-10)6-9-2-3-11(17-5-9)13(14,15)16/h2-3,5,10H,4,6-7H2,1H3. The smallest absolute Gasteiger partial charge is 0.337 e. The van der Waals surface area contributed by atoms with Crippen LogP contribution in [-0.4, -0.2) is 32.7 Å². The first-order valence-corrected chi connectivity index (χ1v) is 7.11. The molecule has 1 unspecified atom stereocenters. The van der Waals surface area contributed by atoms with Crippen molar-refractivity contribution in [1.82, 2.24) is 9.88 Å². The second kappa shape index (κ2) is 6.05. The van der Waals surface area contributed by atoms with Crippen LogP contribution in [0.1, 0.15) is 24.6 Å². The Kier molecular flexibility index (Phi) is 4.55. The van der Waals surface area contributed by atoms with Gasteiger partial charge in [0.05, 0.1) is 0 Å². The number of rotatable bonds is 3. The fraction of sp³-hybridized carbons (Fsp3) is 0.462. The number of thioether (sulfide) groups is 1. The number of likely N-dealkylation sites (tertiary alicyclic amines) is 1. The zero-order chi connectivity index (χ0) is 15.6. The van der Waals surface area contributed by atoms with Gasteiger partial charge in [0.2, 0.25) is 5.91 Å². The molecular formula is C13H13F3N2O2S. The normalized spacial score (nSPS) is 19.1. The van der Waals surface area contributed by atoms with E-state index in [9.17, 15) is 22.8 Å². The lowest BCUT2D eigenvalue weighted by Gasteiger charge is -2.16. The van der Waals surface area contributed by atoms with Crippen LogP contribution in [0.2, 0.25) is 0 Å². The highest BCUT2D eigenvalue weighted by molar-refractivity contribution is 8.14. The van der Waals surface area contributed by atoms with Gasteiger partial charge >= 0.3 is 6.18 Å². The van der Waals surface area contributed by atoms with E-state index in [1.54, 1.807) is 0 Å². The largest absolute Gasteiger partial charge is 0.433 e. The average molecular weight is 318 g/mol. The Morgan fingerprint density at radius 3 is 2.71 bits per heavy atom. The maximum absolute atomic E-state index is 12.4. The summed E-state index contributed by atoms with van der Waals surface area (Å²) < 4.78 is 37.2. The van der Waals surface area contributed by atoms with Crippen LogP contribution >= 0.6 is 11.8 Å². The Labute approximate surface area is 123 Å². The second-order valence-electron chi connectivity index (χ2n) is 4.76. The summed E-state index contributed by atoms with van der Waals surface area (Å²) >= 11 is 1.12. The molecule has 0 radical (unpaired) electrons. The van der Waals surface area contributed by atoms with E-state index in [0.29, 0.717) is 12.1 Å². The van der Waals surface area contributed by atoms with Gasteiger partial charge in [-0.1, -0.05) is 17.8 Å². The van der Waals surface area contributed by atoms with Crippen LogP contribution < -0.4 is 0 Å². The lowest BCUT2D eigenvalue weighted by molar-refractivity contribution is -0.141. The Morgan fingerprint density at radius 1 is 1.48 bits per heavy atom. The van der Waals surface area contributed by atoms with Gasteiger partial charge in [0.1, 0.15) is 5.69 Å². The fourth-order valence-electron chi connectivity index (χ4n) is 2.11. The summed E-state index contributed by atoms with van der Waals surface area (Å²) in [5, 5.41) is -0.136. The molecule has 1 fully saturated rings. The van der Waals surface area contributed by atoms with Crippen molar-refractivity contribution in [3.05, 3.63) is 29.6 Å². The van der Waals surface area contributed by atoms with Gasteiger partial charge in [0.15, 0.2) is 5.12 Å². The van der Waals surface area contributed by atoms with E-state index in [1.807, 2.05) is 0 Å². The molecule has 2 heterocycles. The number of hydrogen-bond donors (Lipinski definition) is 0. The molecule has 1 saturated heterocycles. The van der Waals surface area contributed by atoms with Crippen LogP contribution in [0.4, 0.5) is 13.2 Å². The number of hydrogen-bond acceptors (Lipinski definition) is 4. The van der Waals surface area contributed by atoms with Gasteiger partial charge in [0, 0.05) is 37.9 Å². The van der Waals surface area contributed by atoms with Crippen LogP contribution in [0.3, 0.4) is 0 Å². The maximum Gasteiger partial charge on any atom is 0.433 e. The third-order valence-electron chi connectivity index (χ3n) is 3.00. The number of halogens is 3. The summed E-state index contributed by atoms with van der Waals surface area (Å²) in [7, 11) is 0. The first-order chi connectivity index (χ1) is 9.75. The molecule has 0 spiro atoms. The van der Waals surface area contributed by atoms with Crippen molar-refractivity contribution in [3.63, 3.8) is 0 Å². The van der Waals surface area contributed by atoms with Crippen LogP contribution in [0.15, 0.2) is 18.3 Å². The van der Waals surface area contributed by atoms with Crippen LogP contribution in [0.25, 0.3) is 0 Å². The summed E-state index contributed by atoms with van der Waals surface area (Å²) in [6, 6.07) is 2.21. The van der Waals surface area contributed by atoms with Crippen LogP contribution in [0, 0.1) is 0 Å². The monoisotopic (exact) mass is 318 g/mol. The molecule has 21 heavy (non-hydrogen) atoms. The second-order valence-corrected chi connectivity index (χ2v) is 6.24. The van der Waals surface area contributed by atoms with Gasteiger partial charge < -0.3 is 4.90 Å². The quantitative estimate of drug-likeness (QED) is 0.859. The average Bonchev–Trinajstić information content (AvgIpc) is 2.68. The molecule has 1 atom stereocenters. The van der Waals surface area contributed by atoms with E-state index < -0.39 is 11.9 Å². The van der Waals surface area contributed by atoms with E-state index >= 15 is 0 Å². The molecule has 1 aliphatic heterocycles. The highest BCUT2D eigenvalue weighted by atomic mass is 32.2. The van der Waals surface area contributed by atoms with Gasteiger partial charge in [-0.15, -0.1) is 0 Å². The summed E-state index contributed by atoms with van der Waals surface area (Å²) in [5.41, 5.74) is -0.422. The van der Waals surface area contributed by atoms with Crippen molar-refractivity contribution in [2.75, 3.05) is 6.54 Å². The van der Waals surface area contributed by atoms with E-state index in [1.165, 1.54) is 17.9 Å². The third-order valence-corrected chi connectivity index (χ3v) is 3.98. The highest BCUT2D eigenvalue weighted by Crippen LogP contribution is 2.28. The molecule has 1 aromatic heterocycles. The van der Waals surface area contributed by atoms with E-state index in [-0.39, 0.29) is 29.2 Å². The van der Waals surface area contributed by atoms with Gasteiger partial charge in [-0.05, 0) is 11.6 Å². The Morgan fingerprint density at radius 2 is 2.19 bits per heavy atom. The minimum absolute atomic E-state index is 0.0501. The van der Waals surface area contributed by atoms with Crippen molar-refractivity contribution >= 4 is 22.8 Å². The summed E-state index contributed by atoms with van der Waals surface area (Å²) in [6.45, 7) is 2.07. The Hall–Kier alpha value is -1.57. The predicted molar refractivity (Wildman–Crippen MR) is 71.3 cm³/mol. The van der Waals surface area contributed by atoms with Crippen LogP contribution in [-0.2, 0) is 22.3 Å². The molecule has 114 valence electrons. The van der Waals surface area contributed by atoms with Crippen molar-refractivity contribution in [2.45, 2.75) is 31.3 Å². The van der Waals surface area contributed by atoms with Crippen molar-refractivity contribution in [1.29, 1.82) is 0 Å². The summed E-state index contributed by atoms with van der Waals surface area (Å²) in [6.07, 6.45) is -3.06. The number of carbonyl (C=O) groups is 2. The Bertz CT molecular complexity index is 545. The number of amides is 1. The predicted octanol–water partition coefficient (Wildman–Crippen LogP) is 2.48.